The van der Waals surface area contributed by atoms with Crippen molar-refractivity contribution in [3.05, 3.63) is 52.0 Å². The van der Waals surface area contributed by atoms with Crippen LogP contribution in [0.4, 0.5) is 4.79 Å². The third kappa shape index (κ3) is 5.33. The Bertz CT molecular complexity index is 615. The van der Waals surface area contributed by atoms with Crippen molar-refractivity contribution in [1.82, 2.24) is 15.6 Å². The summed E-state index contributed by atoms with van der Waals surface area (Å²) in [6, 6.07) is 9.57. The van der Waals surface area contributed by atoms with Gasteiger partial charge in [-0.05, 0) is 26.3 Å². The lowest BCUT2D eigenvalue weighted by atomic mass is 10.1. The Kier molecular flexibility index (Phi) is 6.55. The molecule has 0 saturated heterocycles. The van der Waals surface area contributed by atoms with Crippen LogP contribution >= 0.6 is 11.3 Å². The Hall–Kier alpha value is -1.92. The Labute approximate surface area is 141 Å². The van der Waals surface area contributed by atoms with Crippen LogP contribution in [0.1, 0.15) is 41.4 Å². The molecule has 0 aliphatic heterocycles. The zero-order chi connectivity index (χ0) is 16.7. The molecule has 2 atom stereocenters. The van der Waals surface area contributed by atoms with Gasteiger partial charge in [-0.1, -0.05) is 30.3 Å². The summed E-state index contributed by atoms with van der Waals surface area (Å²) in [5, 5.41) is 6.68. The fourth-order valence-electron chi connectivity index (χ4n) is 2.21. The number of nitrogens with one attached hydrogen (secondary N) is 2. The van der Waals surface area contributed by atoms with Crippen molar-refractivity contribution in [2.75, 3.05) is 13.2 Å². The number of hydrogen-bond acceptors (Lipinski definition) is 4. The second kappa shape index (κ2) is 8.64. The van der Waals surface area contributed by atoms with Crippen molar-refractivity contribution in [2.24, 2.45) is 0 Å². The number of thiazole rings is 1. The van der Waals surface area contributed by atoms with Crippen LogP contribution in [0.5, 0.6) is 0 Å². The predicted octanol–water partition coefficient (Wildman–Crippen LogP) is 3.59. The van der Waals surface area contributed by atoms with E-state index in [0.29, 0.717) is 13.2 Å². The van der Waals surface area contributed by atoms with Crippen LogP contribution in [-0.4, -0.2) is 24.2 Å². The molecule has 23 heavy (non-hydrogen) atoms. The first-order valence-corrected chi connectivity index (χ1v) is 8.55. The minimum atomic E-state index is -0.217. The Morgan fingerprint density at radius 3 is 2.70 bits per heavy atom. The molecule has 6 heteroatoms. The number of ether oxygens (including phenoxy) is 1. The van der Waals surface area contributed by atoms with E-state index in [1.807, 2.05) is 57.3 Å². The SMILES string of the molecule is CCO[C@@H](CNC(=O)N[C@H](C)c1ncc(C)s1)c1ccccc1. The number of benzene rings is 1. The molecule has 0 unspecified atom stereocenters. The highest BCUT2D eigenvalue weighted by molar-refractivity contribution is 7.11. The maximum Gasteiger partial charge on any atom is 0.315 e. The molecule has 5 nitrogen and oxygen atoms in total. The van der Waals surface area contributed by atoms with E-state index in [1.165, 1.54) is 0 Å². The molecule has 1 aromatic carbocycles. The van der Waals surface area contributed by atoms with E-state index in [4.69, 9.17) is 4.74 Å². The zero-order valence-electron chi connectivity index (χ0n) is 13.7. The molecule has 0 saturated carbocycles. The molecular weight excluding hydrogens is 310 g/mol. The molecule has 2 rings (SSSR count). The third-order valence-corrected chi connectivity index (χ3v) is 4.44. The van der Waals surface area contributed by atoms with Gasteiger partial charge in [-0.3, -0.25) is 0 Å². The smallest absolute Gasteiger partial charge is 0.315 e. The minimum Gasteiger partial charge on any atom is -0.372 e. The summed E-state index contributed by atoms with van der Waals surface area (Å²) in [6.07, 6.45) is 1.67. The quantitative estimate of drug-likeness (QED) is 0.814. The zero-order valence-corrected chi connectivity index (χ0v) is 14.5. The van der Waals surface area contributed by atoms with Crippen molar-refractivity contribution in [2.45, 2.75) is 32.9 Å². The average Bonchev–Trinajstić information content (AvgIpc) is 2.99. The lowest BCUT2D eigenvalue weighted by molar-refractivity contribution is 0.0639. The van der Waals surface area contributed by atoms with Crippen molar-refractivity contribution in [3.8, 4) is 0 Å². The number of aromatic nitrogens is 1. The van der Waals surface area contributed by atoms with Crippen LogP contribution in [0, 0.1) is 6.92 Å². The van der Waals surface area contributed by atoms with E-state index in [2.05, 4.69) is 15.6 Å². The first kappa shape index (κ1) is 17.4. The third-order valence-electron chi connectivity index (χ3n) is 3.34. The topological polar surface area (TPSA) is 63.2 Å². The Morgan fingerprint density at radius 1 is 1.35 bits per heavy atom. The van der Waals surface area contributed by atoms with Gasteiger partial charge >= 0.3 is 6.03 Å². The molecule has 0 aliphatic carbocycles. The monoisotopic (exact) mass is 333 g/mol. The standard InChI is InChI=1S/C17H23N3O2S/c1-4-22-15(14-8-6-5-7-9-14)11-19-17(21)20-13(3)16-18-10-12(2)23-16/h5-10,13,15H,4,11H2,1-3H3,(H2,19,20,21)/t13-,15+/m1/s1. The summed E-state index contributed by atoms with van der Waals surface area (Å²) in [4.78, 5) is 17.5. The molecule has 2 aromatic rings. The van der Waals surface area contributed by atoms with Crippen LogP contribution in [0.15, 0.2) is 36.5 Å². The maximum atomic E-state index is 12.1. The summed E-state index contributed by atoms with van der Waals surface area (Å²) < 4.78 is 5.72. The highest BCUT2D eigenvalue weighted by Gasteiger charge is 2.15. The summed E-state index contributed by atoms with van der Waals surface area (Å²) in [7, 11) is 0. The number of carbonyl (C=O) groups excluding carboxylic acids is 1. The van der Waals surface area contributed by atoms with E-state index >= 15 is 0 Å². The lowest BCUT2D eigenvalue weighted by Gasteiger charge is -2.19. The predicted molar refractivity (Wildman–Crippen MR) is 92.6 cm³/mol. The van der Waals surface area contributed by atoms with Crippen molar-refractivity contribution < 1.29 is 9.53 Å². The van der Waals surface area contributed by atoms with Gasteiger partial charge in [0.15, 0.2) is 0 Å². The second-order valence-corrected chi connectivity index (χ2v) is 6.51. The molecule has 124 valence electrons. The van der Waals surface area contributed by atoms with Gasteiger partial charge in [0, 0.05) is 24.2 Å². The van der Waals surface area contributed by atoms with Gasteiger partial charge in [0.25, 0.3) is 0 Å². The lowest BCUT2D eigenvalue weighted by Crippen LogP contribution is -2.39. The van der Waals surface area contributed by atoms with Crippen LogP contribution in [-0.2, 0) is 4.74 Å². The number of carbonyl (C=O) groups is 1. The number of hydrogen-bond donors (Lipinski definition) is 2. The van der Waals surface area contributed by atoms with E-state index in [0.717, 1.165) is 15.4 Å². The summed E-state index contributed by atoms with van der Waals surface area (Å²) in [5.74, 6) is 0. The number of urea groups is 1. The van der Waals surface area contributed by atoms with Gasteiger partial charge in [-0.25, -0.2) is 9.78 Å². The number of aryl methyl sites for hydroxylation is 1. The van der Waals surface area contributed by atoms with Gasteiger partial charge in [0.2, 0.25) is 0 Å². The van der Waals surface area contributed by atoms with Crippen molar-refractivity contribution >= 4 is 17.4 Å². The molecule has 0 bridgehead atoms. The average molecular weight is 333 g/mol. The molecular formula is C17H23N3O2S. The van der Waals surface area contributed by atoms with Crippen molar-refractivity contribution in [3.63, 3.8) is 0 Å². The normalized spacial score (nSPS) is 13.3. The van der Waals surface area contributed by atoms with Gasteiger partial charge in [-0.15, -0.1) is 11.3 Å². The van der Waals surface area contributed by atoms with Crippen LogP contribution in [0.25, 0.3) is 0 Å². The van der Waals surface area contributed by atoms with Gasteiger partial charge in [0.05, 0.1) is 12.1 Å². The van der Waals surface area contributed by atoms with Crippen LogP contribution in [0.2, 0.25) is 0 Å². The van der Waals surface area contributed by atoms with Gasteiger partial charge < -0.3 is 15.4 Å². The molecule has 2 amide bonds. The second-order valence-electron chi connectivity index (χ2n) is 5.24. The molecule has 0 aliphatic rings. The molecule has 2 N–H and O–H groups in total. The maximum absolute atomic E-state index is 12.1. The first-order chi connectivity index (χ1) is 11.1. The highest BCUT2D eigenvalue weighted by atomic mass is 32.1. The van der Waals surface area contributed by atoms with Crippen LogP contribution in [0.3, 0.4) is 0 Å². The minimum absolute atomic E-state index is 0.115. The van der Waals surface area contributed by atoms with Gasteiger partial charge in [0.1, 0.15) is 5.01 Å². The number of nitrogens with zero attached hydrogens (tertiary/aromatic N) is 1. The Balaban J connectivity index is 1.86. The van der Waals surface area contributed by atoms with E-state index in [1.54, 1.807) is 11.3 Å². The summed E-state index contributed by atoms with van der Waals surface area (Å²) >= 11 is 1.59. The molecule has 0 fully saturated rings. The van der Waals surface area contributed by atoms with Gasteiger partial charge in [-0.2, -0.15) is 0 Å². The van der Waals surface area contributed by atoms with E-state index in [9.17, 15) is 4.79 Å². The van der Waals surface area contributed by atoms with Crippen LogP contribution < -0.4 is 10.6 Å². The summed E-state index contributed by atoms with van der Waals surface area (Å²) in [6.45, 7) is 6.89. The largest absolute Gasteiger partial charge is 0.372 e. The molecule has 0 radical (unpaired) electrons. The van der Waals surface area contributed by atoms with Crippen molar-refractivity contribution in [1.29, 1.82) is 0 Å². The highest BCUT2D eigenvalue weighted by Crippen LogP contribution is 2.19. The fraction of sp³-hybridized carbons (Fsp3) is 0.412. The number of amides is 2. The first-order valence-electron chi connectivity index (χ1n) is 7.73. The Morgan fingerprint density at radius 2 is 2.09 bits per heavy atom. The molecule has 1 aromatic heterocycles. The number of rotatable bonds is 7. The molecule has 0 spiro atoms. The fourth-order valence-corrected chi connectivity index (χ4v) is 2.99. The molecule has 1 heterocycles. The van der Waals surface area contributed by atoms with E-state index < -0.39 is 0 Å². The van der Waals surface area contributed by atoms with E-state index in [-0.39, 0.29) is 18.2 Å². The summed E-state index contributed by atoms with van der Waals surface area (Å²) in [5.41, 5.74) is 1.05.